The van der Waals surface area contributed by atoms with Crippen LogP contribution in [0.4, 0.5) is 11.5 Å². The first-order valence-corrected chi connectivity index (χ1v) is 9.56. The van der Waals surface area contributed by atoms with Crippen molar-refractivity contribution in [1.82, 2.24) is 20.2 Å². The molecule has 2 N–H and O–H groups in total. The van der Waals surface area contributed by atoms with Crippen molar-refractivity contribution >= 4 is 40.1 Å². The molecule has 0 bridgehead atoms. The lowest BCUT2D eigenvalue weighted by Gasteiger charge is -2.37. The molecule has 1 aromatic carbocycles. The Labute approximate surface area is 167 Å². The van der Waals surface area contributed by atoms with Crippen LogP contribution in [-0.2, 0) is 11.2 Å². The van der Waals surface area contributed by atoms with Crippen molar-refractivity contribution in [2.24, 2.45) is 0 Å². The number of aryl methyl sites for hydroxylation is 2. The summed E-state index contributed by atoms with van der Waals surface area (Å²) in [5.41, 5.74) is 3.69. The maximum atomic E-state index is 10.9. The van der Waals surface area contributed by atoms with E-state index in [1.165, 1.54) is 11.9 Å². The number of halogens is 1. The van der Waals surface area contributed by atoms with E-state index in [-0.39, 0.29) is 6.42 Å². The molecule has 1 fully saturated rings. The third-order valence-corrected chi connectivity index (χ3v) is 5.32. The number of fused-ring (bicyclic) bond motifs is 1. The number of carboxylic acids is 1. The number of piperazine rings is 1. The van der Waals surface area contributed by atoms with Gasteiger partial charge in [-0.2, -0.15) is 5.10 Å². The largest absolute Gasteiger partial charge is 0.481 e. The Hall–Kier alpha value is -2.87. The molecule has 0 unspecified atom stereocenters. The molecule has 0 radical (unpaired) electrons. The van der Waals surface area contributed by atoms with Crippen LogP contribution in [0.15, 0.2) is 24.5 Å². The molecule has 146 valence electrons. The Morgan fingerprint density at radius 1 is 1.21 bits per heavy atom. The van der Waals surface area contributed by atoms with Crippen LogP contribution in [0.2, 0.25) is 5.02 Å². The van der Waals surface area contributed by atoms with Crippen LogP contribution in [0, 0.1) is 6.92 Å². The van der Waals surface area contributed by atoms with Gasteiger partial charge in [0.2, 0.25) is 0 Å². The minimum absolute atomic E-state index is 0.0352. The summed E-state index contributed by atoms with van der Waals surface area (Å²) in [6.07, 6.45) is 1.91. The molecule has 0 spiro atoms. The van der Waals surface area contributed by atoms with E-state index in [0.717, 1.165) is 53.8 Å². The number of hydrogen-bond donors (Lipinski definition) is 2. The quantitative estimate of drug-likeness (QED) is 0.679. The molecule has 3 aromatic rings. The fraction of sp³-hybridized carbons (Fsp3) is 0.368. The normalized spacial score (nSPS) is 14.6. The lowest BCUT2D eigenvalue weighted by atomic mass is 10.1. The number of H-pyrrole nitrogens is 1. The summed E-state index contributed by atoms with van der Waals surface area (Å²) >= 11 is 6.18. The van der Waals surface area contributed by atoms with Gasteiger partial charge in [-0.15, -0.1) is 0 Å². The van der Waals surface area contributed by atoms with Gasteiger partial charge in [-0.3, -0.25) is 9.89 Å². The maximum absolute atomic E-state index is 10.9. The van der Waals surface area contributed by atoms with Gasteiger partial charge in [-0.1, -0.05) is 17.7 Å². The SMILES string of the molecule is Cc1ccc(Cl)cc1N1CCN(c2ncnc3n[nH]c(CCC(=O)O)c23)CC1. The summed E-state index contributed by atoms with van der Waals surface area (Å²) in [4.78, 5) is 24.2. The molecule has 4 rings (SSSR count). The predicted molar refractivity (Wildman–Crippen MR) is 108 cm³/mol. The second kappa shape index (κ2) is 7.63. The minimum Gasteiger partial charge on any atom is -0.481 e. The van der Waals surface area contributed by atoms with E-state index in [1.807, 2.05) is 18.2 Å². The van der Waals surface area contributed by atoms with E-state index in [9.17, 15) is 4.79 Å². The molecule has 1 saturated heterocycles. The fourth-order valence-electron chi connectivity index (χ4n) is 3.63. The number of nitrogens with one attached hydrogen (secondary N) is 1. The smallest absolute Gasteiger partial charge is 0.303 e. The molecule has 1 aliphatic rings. The van der Waals surface area contributed by atoms with Crippen LogP contribution in [0.1, 0.15) is 17.7 Å². The highest BCUT2D eigenvalue weighted by Crippen LogP contribution is 2.29. The van der Waals surface area contributed by atoms with E-state index in [1.54, 1.807) is 0 Å². The van der Waals surface area contributed by atoms with E-state index in [2.05, 4.69) is 36.9 Å². The van der Waals surface area contributed by atoms with Crippen LogP contribution in [0.5, 0.6) is 0 Å². The molecule has 2 aromatic heterocycles. The van der Waals surface area contributed by atoms with Gasteiger partial charge >= 0.3 is 5.97 Å². The molecule has 0 saturated carbocycles. The molecule has 8 nitrogen and oxygen atoms in total. The van der Waals surface area contributed by atoms with Crippen LogP contribution < -0.4 is 9.80 Å². The average molecular weight is 401 g/mol. The number of anilines is 2. The van der Waals surface area contributed by atoms with Crippen molar-refractivity contribution in [3.05, 3.63) is 40.8 Å². The predicted octanol–water partition coefficient (Wildman–Crippen LogP) is 2.66. The second-order valence-electron chi connectivity index (χ2n) is 6.90. The standard InChI is InChI=1S/C19H21ClN6O2/c1-12-2-3-13(20)10-15(12)25-6-8-26(9-7-25)19-17-14(4-5-16(27)28)23-24-18(17)21-11-22-19/h2-3,10-11H,4-9H2,1H3,(H,27,28)(H,21,22,23,24). The zero-order chi connectivity index (χ0) is 19.7. The first kappa shape index (κ1) is 18.5. The highest BCUT2D eigenvalue weighted by molar-refractivity contribution is 6.30. The van der Waals surface area contributed by atoms with Gasteiger partial charge in [0.05, 0.1) is 11.8 Å². The van der Waals surface area contributed by atoms with E-state index in [0.29, 0.717) is 12.1 Å². The highest BCUT2D eigenvalue weighted by Gasteiger charge is 2.23. The number of carboxylic acid groups (broad SMARTS) is 1. The average Bonchev–Trinajstić information content (AvgIpc) is 3.12. The maximum Gasteiger partial charge on any atom is 0.303 e. The van der Waals surface area contributed by atoms with Gasteiger partial charge in [0.25, 0.3) is 0 Å². The number of rotatable bonds is 5. The molecule has 9 heteroatoms. The van der Waals surface area contributed by atoms with Crippen LogP contribution in [0.3, 0.4) is 0 Å². The Morgan fingerprint density at radius 3 is 2.71 bits per heavy atom. The van der Waals surface area contributed by atoms with Gasteiger partial charge < -0.3 is 14.9 Å². The molecule has 0 amide bonds. The van der Waals surface area contributed by atoms with Gasteiger partial charge in [0, 0.05) is 49.0 Å². The number of carbonyl (C=O) groups is 1. The summed E-state index contributed by atoms with van der Waals surface area (Å²) in [6, 6.07) is 5.96. The fourth-order valence-corrected chi connectivity index (χ4v) is 3.80. The lowest BCUT2D eigenvalue weighted by Crippen LogP contribution is -2.47. The molecular formula is C19H21ClN6O2. The summed E-state index contributed by atoms with van der Waals surface area (Å²) in [7, 11) is 0. The third kappa shape index (κ3) is 3.60. The number of hydrogen-bond acceptors (Lipinski definition) is 6. The van der Waals surface area contributed by atoms with Gasteiger partial charge in [-0.25, -0.2) is 9.97 Å². The number of aromatic amines is 1. The highest BCUT2D eigenvalue weighted by atomic mass is 35.5. The zero-order valence-electron chi connectivity index (χ0n) is 15.5. The number of aliphatic carboxylic acids is 1. The topological polar surface area (TPSA) is 98.2 Å². The third-order valence-electron chi connectivity index (χ3n) is 5.09. The van der Waals surface area contributed by atoms with Gasteiger partial charge in [-0.05, 0) is 24.6 Å². The number of benzene rings is 1. The van der Waals surface area contributed by atoms with Crippen molar-refractivity contribution in [3.63, 3.8) is 0 Å². The molecule has 28 heavy (non-hydrogen) atoms. The molecule has 3 heterocycles. The van der Waals surface area contributed by atoms with Gasteiger partial charge in [0.1, 0.15) is 12.1 Å². The van der Waals surface area contributed by atoms with E-state index in [4.69, 9.17) is 16.7 Å². The Bertz CT molecular complexity index is 1010. The van der Waals surface area contributed by atoms with Crippen LogP contribution >= 0.6 is 11.6 Å². The minimum atomic E-state index is -0.841. The molecular weight excluding hydrogens is 380 g/mol. The molecule has 0 atom stereocenters. The molecule has 1 aliphatic heterocycles. The summed E-state index contributed by atoms with van der Waals surface area (Å²) < 4.78 is 0. The van der Waals surface area contributed by atoms with Crippen molar-refractivity contribution in [3.8, 4) is 0 Å². The summed E-state index contributed by atoms with van der Waals surface area (Å²) in [6.45, 7) is 5.36. The Balaban J connectivity index is 1.56. The first-order chi connectivity index (χ1) is 13.5. The van der Waals surface area contributed by atoms with Crippen molar-refractivity contribution in [1.29, 1.82) is 0 Å². The van der Waals surface area contributed by atoms with E-state index < -0.39 is 5.97 Å². The van der Waals surface area contributed by atoms with E-state index >= 15 is 0 Å². The van der Waals surface area contributed by atoms with Gasteiger partial charge in [0.15, 0.2) is 5.65 Å². The Morgan fingerprint density at radius 2 is 1.96 bits per heavy atom. The molecule has 0 aliphatic carbocycles. The number of nitrogens with zero attached hydrogens (tertiary/aromatic N) is 5. The summed E-state index contributed by atoms with van der Waals surface area (Å²) in [5.74, 6) is -0.0340. The summed E-state index contributed by atoms with van der Waals surface area (Å²) in [5, 5.41) is 17.7. The second-order valence-corrected chi connectivity index (χ2v) is 7.33. The van der Waals surface area contributed by atoms with Crippen molar-refractivity contribution < 1.29 is 9.90 Å². The Kier molecular flexibility index (Phi) is 5.04. The zero-order valence-corrected chi connectivity index (χ0v) is 16.3. The van der Waals surface area contributed by atoms with Crippen LogP contribution in [-0.4, -0.2) is 57.4 Å². The van der Waals surface area contributed by atoms with Crippen molar-refractivity contribution in [2.45, 2.75) is 19.8 Å². The first-order valence-electron chi connectivity index (χ1n) is 9.18. The van der Waals surface area contributed by atoms with Crippen molar-refractivity contribution in [2.75, 3.05) is 36.0 Å². The number of aromatic nitrogens is 4. The monoisotopic (exact) mass is 400 g/mol. The lowest BCUT2D eigenvalue weighted by molar-refractivity contribution is -0.136. The van der Waals surface area contributed by atoms with Crippen LogP contribution in [0.25, 0.3) is 11.0 Å².